The summed E-state index contributed by atoms with van der Waals surface area (Å²) in [5, 5.41) is -0.107. The van der Waals surface area contributed by atoms with Crippen LogP contribution in [-0.4, -0.2) is 36.9 Å². The van der Waals surface area contributed by atoms with E-state index >= 15 is 0 Å². The van der Waals surface area contributed by atoms with Gasteiger partial charge in [0.15, 0.2) is 11.5 Å². The largest absolute Gasteiger partial charge is 0.382 e. The minimum Gasteiger partial charge on any atom is -0.382 e. The molecule has 2 aromatic heterocycles. The van der Waals surface area contributed by atoms with E-state index in [0.29, 0.717) is 29.3 Å². The molecule has 1 aliphatic rings. The summed E-state index contributed by atoms with van der Waals surface area (Å²) >= 11 is 12.0. The first-order valence-corrected chi connectivity index (χ1v) is 6.46. The van der Waals surface area contributed by atoms with Crippen molar-refractivity contribution < 1.29 is 4.74 Å². The molecular formula is C10H11Cl2N5O. The summed E-state index contributed by atoms with van der Waals surface area (Å²) in [7, 11) is 0. The molecule has 8 heteroatoms. The third kappa shape index (κ3) is 1.81. The van der Waals surface area contributed by atoms with Crippen LogP contribution >= 0.6 is 23.2 Å². The van der Waals surface area contributed by atoms with Crippen LogP contribution in [0.2, 0.25) is 0 Å². The molecule has 0 spiro atoms. The maximum Gasteiger partial charge on any atom is 0.167 e. The van der Waals surface area contributed by atoms with Gasteiger partial charge < -0.3 is 10.5 Å². The Morgan fingerprint density at radius 3 is 3.00 bits per heavy atom. The van der Waals surface area contributed by atoms with Gasteiger partial charge in [-0.2, -0.15) is 0 Å². The van der Waals surface area contributed by atoms with Gasteiger partial charge in [0.05, 0.1) is 23.7 Å². The lowest BCUT2D eigenvalue weighted by Crippen LogP contribution is -2.17. The Balaban J connectivity index is 1.99. The number of imidazole rings is 1. The maximum absolute atomic E-state index is 6.17. The van der Waals surface area contributed by atoms with E-state index < -0.39 is 0 Å². The number of rotatable bonds is 2. The molecule has 1 aliphatic heterocycles. The van der Waals surface area contributed by atoms with Crippen molar-refractivity contribution in [3.63, 3.8) is 0 Å². The Labute approximate surface area is 113 Å². The third-order valence-electron chi connectivity index (χ3n) is 3.01. The van der Waals surface area contributed by atoms with E-state index in [4.69, 9.17) is 33.7 Å². The number of aromatic nitrogens is 4. The van der Waals surface area contributed by atoms with Gasteiger partial charge in [-0.15, -0.1) is 23.2 Å². The number of nitrogen functional groups attached to an aromatic ring is 1. The van der Waals surface area contributed by atoms with Crippen LogP contribution in [-0.2, 0) is 4.74 Å². The highest BCUT2D eigenvalue weighted by atomic mass is 35.5. The standard InChI is InChI=1S/C10H11Cl2N5O/c11-2-6-5(12)1-7(18-6)17-4-16-8-9(13)14-3-15-10(8)17/h3-7H,1-2H2,(H2,13,14,15)/t5-,6-,7+/m0/s1. The van der Waals surface area contributed by atoms with Gasteiger partial charge in [-0.3, -0.25) is 4.57 Å². The molecule has 0 aliphatic carbocycles. The molecule has 3 heterocycles. The van der Waals surface area contributed by atoms with Crippen LogP contribution in [0.1, 0.15) is 12.6 Å². The number of hydrogen-bond acceptors (Lipinski definition) is 5. The molecule has 3 atom stereocenters. The molecular weight excluding hydrogens is 277 g/mol. The molecule has 0 saturated carbocycles. The average Bonchev–Trinajstić information content (AvgIpc) is 2.93. The Bertz CT molecular complexity index is 574. The summed E-state index contributed by atoms with van der Waals surface area (Å²) < 4.78 is 7.59. The fraction of sp³-hybridized carbons (Fsp3) is 0.500. The molecule has 18 heavy (non-hydrogen) atoms. The third-order valence-corrected chi connectivity index (χ3v) is 3.77. The van der Waals surface area contributed by atoms with Crippen LogP contribution in [0.15, 0.2) is 12.7 Å². The van der Waals surface area contributed by atoms with E-state index in [1.54, 1.807) is 6.33 Å². The van der Waals surface area contributed by atoms with E-state index in [1.807, 2.05) is 4.57 Å². The average molecular weight is 288 g/mol. The molecule has 2 N–H and O–H groups in total. The van der Waals surface area contributed by atoms with Crippen molar-refractivity contribution in [1.82, 2.24) is 19.5 Å². The number of nitrogens with two attached hydrogens (primary N) is 1. The van der Waals surface area contributed by atoms with E-state index in [1.165, 1.54) is 6.33 Å². The summed E-state index contributed by atoms with van der Waals surface area (Å²) in [6.45, 7) is 0. The molecule has 0 amide bonds. The number of halogens is 2. The van der Waals surface area contributed by atoms with Crippen molar-refractivity contribution in [2.75, 3.05) is 11.6 Å². The molecule has 96 valence electrons. The second-order valence-corrected chi connectivity index (χ2v) is 4.99. The fourth-order valence-electron chi connectivity index (χ4n) is 2.08. The van der Waals surface area contributed by atoms with Gasteiger partial charge in [0.25, 0.3) is 0 Å². The van der Waals surface area contributed by atoms with Crippen molar-refractivity contribution in [3.8, 4) is 0 Å². The second kappa shape index (κ2) is 4.53. The van der Waals surface area contributed by atoms with E-state index in [2.05, 4.69) is 15.0 Å². The van der Waals surface area contributed by atoms with Gasteiger partial charge in [0, 0.05) is 6.42 Å². The zero-order valence-electron chi connectivity index (χ0n) is 9.33. The van der Waals surface area contributed by atoms with Crippen LogP contribution in [0.3, 0.4) is 0 Å². The van der Waals surface area contributed by atoms with Crippen molar-refractivity contribution in [1.29, 1.82) is 0 Å². The van der Waals surface area contributed by atoms with Crippen LogP contribution in [0.25, 0.3) is 11.2 Å². The number of nitrogens with zero attached hydrogens (tertiary/aromatic N) is 4. The van der Waals surface area contributed by atoms with Gasteiger partial charge in [-0.05, 0) is 0 Å². The number of hydrogen-bond donors (Lipinski definition) is 1. The van der Waals surface area contributed by atoms with Crippen molar-refractivity contribution in [2.45, 2.75) is 24.1 Å². The smallest absolute Gasteiger partial charge is 0.167 e. The minimum atomic E-state index is -0.212. The Morgan fingerprint density at radius 2 is 2.28 bits per heavy atom. The monoisotopic (exact) mass is 287 g/mol. The lowest BCUT2D eigenvalue weighted by atomic mass is 10.2. The summed E-state index contributed by atoms with van der Waals surface area (Å²) in [5.41, 5.74) is 6.95. The van der Waals surface area contributed by atoms with Gasteiger partial charge in [0.1, 0.15) is 18.1 Å². The molecule has 0 bridgehead atoms. The molecule has 0 aromatic carbocycles. The first-order chi connectivity index (χ1) is 8.70. The predicted molar refractivity (Wildman–Crippen MR) is 68.6 cm³/mol. The van der Waals surface area contributed by atoms with Crippen LogP contribution in [0.4, 0.5) is 5.82 Å². The normalized spacial score (nSPS) is 28.0. The topological polar surface area (TPSA) is 78.9 Å². The van der Waals surface area contributed by atoms with Crippen molar-refractivity contribution in [3.05, 3.63) is 12.7 Å². The summed E-state index contributed by atoms with van der Waals surface area (Å²) in [4.78, 5) is 12.3. The van der Waals surface area contributed by atoms with Crippen molar-refractivity contribution in [2.24, 2.45) is 0 Å². The van der Waals surface area contributed by atoms with Gasteiger partial charge in [-0.1, -0.05) is 0 Å². The van der Waals surface area contributed by atoms with E-state index in [9.17, 15) is 0 Å². The van der Waals surface area contributed by atoms with Crippen LogP contribution < -0.4 is 5.73 Å². The number of ether oxygens (including phenoxy) is 1. The van der Waals surface area contributed by atoms with Crippen molar-refractivity contribution >= 4 is 40.2 Å². The first-order valence-electron chi connectivity index (χ1n) is 5.49. The lowest BCUT2D eigenvalue weighted by molar-refractivity contribution is 0.0151. The Kier molecular flexibility index (Phi) is 3.01. The van der Waals surface area contributed by atoms with Crippen LogP contribution in [0.5, 0.6) is 0 Å². The highest BCUT2D eigenvalue weighted by Crippen LogP contribution is 2.34. The van der Waals surface area contributed by atoms with Gasteiger partial charge in [-0.25, -0.2) is 15.0 Å². The minimum absolute atomic E-state index is 0.107. The lowest BCUT2D eigenvalue weighted by Gasteiger charge is -2.13. The molecule has 0 unspecified atom stereocenters. The predicted octanol–water partition coefficient (Wildman–Crippen LogP) is 1.54. The quantitative estimate of drug-likeness (QED) is 0.848. The Morgan fingerprint density at radius 1 is 1.44 bits per heavy atom. The zero-order valence-corrected chi connectivity index (χ0v) is 10.8. The van der Waals surface area contributed by atoms with E-state index in [-0.39, 0.29) is 17.7 Å². The Hall–Kier alpha value is -1.11. The summed E-state index contributed by atoms with van der Waals surface area (Å²) in [6.07, 6.45) is 3.34. The SMILES string of the molecule is Nc1ncnc2c1ncn2[C@H]1C[C@H](Cl)[C@H](CCl)O1. The number of anilines is 1. The maximum atomic E-state index is 6.17. The molecule has 1 fully saturated rings. The summed E-state index contributed by atoms with van der Waals surface area (Å²) in [6, 6.07) is 0. The number of fused-ring (bicyclic) bond motifs is 1. The van der Waals surface area contributed by atoms with E-state index in [0.717, 1.165) is 0 Å². The molecule has 1 saturated heterocycles. The fourth-order valence-corrected chi connectivity index (χ4v) is 2.76. The summed E-state index contributed by atoms with van der Waals surface area (Å²) in [5.74, 6) is 0.724. The number of alkyl halides is 2. The molecule has 2 aromatic rings. The second-order valence-electron chi connectivity index (χ2n) is 4.12. The van der Waals surface area contributed by atoms with Gasteiger partial charge >= 0.3 is 0 Å². The highest BCUT2D eigenvalue weighted by molar-refractivity contribution is 6.23. The molecule has 6 nitrogen and oxygen atoms in total. The molecule has 0 radical (unpaired) electrons. The molecule has 3 rings (SSSR count). The van der Waals surface area contributed by atoms with Crippen LogP contribution in [0, 0.1) is 0 Å². The zero-order chi connectivity index (χ0) is 12.7. The van der Waals surface area contributed by atoms with Gasteiger partial charge in [0.2, 0.25) is 0 Å². The highest BCUT2D eigenvalue weighted by Gasteiger charge is 2.35. The first kappa shape index (κ1) is 12.0.